The molecule has 0 spiro atoms. The summed E-state index contributed by atoms with van der Waals surface area (Å²) in [7, 11) is -0.993. The van der Waals surface area contributed by atoms with Crippen molar-refractivity contribution in [1.82, 2.24) is 0 Å². The predicted octanol–water partition coefficient (Wildman–Crippen LogP) is 1.85. The van der Waals surface area contributed by atoms with E-state index in [2.05, 4.69) is 13.1 Å². The van der Waals surface area contributed by atoms with Gasteiger partial charge in [-0.1, -0.05) is 31.3 Å². The van der Waals surface area contributed by atoms with Gasteiger partial charge in [0.15, 0.2) is 8.96 Å². The van der Waals surface area contributed by atoms with E-state index in [0.29, 0.717) is 6.69 Å². The molecule has 1 nitrogen and oxygen atoms in total. The first-order chi connectivity index (χ1) is 6.16. The molecule has 13 heavy (non-hydrogen) atoms. The zero-order valence-electron chi connectivity index (χ0n) is 7.80. The molecular formula is C8H12BCl2NSi. The molecule has 1 rings (SSSR count). The number of halogens is 2. The highest BCUT2D eigenvalue weighted by Crippen LogP contribution is 2.15. The van der Waals surface area contributed by atoms with Crippen LogP contribution in [0.5, 0.6) is 0 Å². The van der Waals surface area contributed by atoms with Crippen molar-refractivity contribution < 1.29 is 0 Å². The van der Waals surface area contributed by atoms with E-state index in [-0.39, 0.29) is 0 Å². The fourth-order valence-corrected chi connectivity index (χ4v) is 2.31. The van der Waals surface area contributed by atoms with Gasteiger partial charge in [0.25, 0.3) is 6.69 Å². The van der Waals surface area contributed by atoms with Crippen LogP contribution in [0, 0.1) is 0 Å². The molecule has 0 saturated carbocycles. The summed E-state index contributed by atoms with van der Waals surface area (Å²) in [5.74, 6) is 0. The molecule has 0 heterocycles. The van der Waals surface area contributed by atoms with Crippen molar-refractivity contribution in [3.05, 3.63) is 24.3 Å². The molecule has 0 aromatic heterocycles. The third kappa shape index (κ3) is 2.66. The van der Waals surface area contributed by atoms with E-state index in [4.69, 9.17) is 23.2 Å². The second kappa shape index (κ2) is 4.94. The van der Waals surface area contributed by atoms with E-state index in [1.165, 1.54) is 0 Å². The highest BCUT2D eigenvalue weighted by atomic mass is 35.5. The number of anilines is 1. The first kappa shape index (κ1) is 11.0. The van der Waals surface area contributed by atoms with Gasteiger partial charge in [-0.15, -0.1) is 0 Å². The monoisotopic (exact) mass is 231 g/mol. The van der Waals surface area contributed by atoms with Crippen LogP contribution in [0.25, 0.3) is 0 Å². The lowest BCUT2D eigenvalue weighted by atomic mass is 9.93. The molecule has 70 valence electrons. The Morgan fingerprint density at radius 1 is 1.31 bits per heavy atom. The molecule has 0 saturated heterocycles. The van der Waals surface area contributed by atoms with Gasteiger partial charge >= 0.3 is 0 Å². The number of hydrogen-bond donors (Lipinski definition) is 0. The Hall–Kier alpha value is -0.118. The van der Waals surface area contributed by atoms with Crippen LogP contribution in [0.2, 0.25) is 13.1 Å². The third-order valence-corrected chi connectivity index (χ3v) is 4.65. The van der Waals surface area contributed by atoms with Crippen molar-refractivity contribution in [2.45, 2.75) is 13.1 Å². The van der Waals surface area contributed by atoms with E-state index in [1.807, 2.05) is 28.4 Å². The summed E-state index contributed by atoms with van der Waals surface area (Å²) in [6.07, 6.45) is 0. The van der Waals surface area contributed by atoms with Crippen molar-refractivity contribution >= 4 is 50.0 Å². The van der Waals surface area contributed by atoms with E-state index in [1.54, 1.807) is 0 Å². The number of hydrogen-bond acceptors (Lipinski definition) is 1. The van der Waals surface area contributed by atoms with E-state index in [0.717, 1.165) is 11.2 Å². The molecule has 0 N–H and O–H groups in total. The molecule has 0 amide bonds. The topological polar surface area (TPSA) is 3.24 Å². The zero-order valence-corrected chi connectivity index (χ0v) is 10.5. The van der Waals surface area contributed by atoms with Crippen LogP contribution < -0.4 is 9.55 Å². The van der Waals surface area contributed by atoms with E-state index < -0.39 is 8.96 Å². The van der Waals surface area contributed by atoms with E-state index in [9.17, 15) is 0 Å². The molecule has 0 aliphatic heterocycles. The number of para-hydroxylation sites is 1. The largest absolute Gasteiger partial charge is 0.318 e. The van der Waals surface area contributed by atoms with Crippen molar-refractivity contribution in [1.29, 1.82) is 0 Å². The zero-order chi connectivity index (χ0) is 9.84. The maximum atomic E-state index is 6.16. The molecular weight excluding hydrogens is 220 g/mol. The Balaban J connectivity index is 2.98. The summed E-state index contributed by atoms with van der Waals surface area (Å²) in [4.78, 5) is 0. The second-order valence-corrected chi connectivity index (χ2v) is 6.83. The molecule has 0 aliphatic carbocycles. The molecule has 1 aromatic carbocycles. The van der Waals surface area contributed by atoms with Gasteiger partial charge in [-0.2, -0.15) is 11.5 Å². The minimum Gasteiger partial charge on any atom is -0.318 e. The molecule has 0 atom stereocenters. The molecule has 0 bridgehead atoms. The quantitative estimate of drug-likeness (QED) is 0.567. The molecule has 0 unspecified atom stereocenters. The predicted molar refractivity (Wildman–Crippen MR) is 66.3 cm³/mol. The van der Waals surface area contributed by atoms with Crippen LogP contribution in [0.1, 0.15) is 0 Å². The summed E-state index contributed by atoms with van der Waals surface area (Å²) in [6.45, 7) is 4.87. The van der Waals surface area contributed by atoms with Crippen LogP contribution in [0.15, 0.2) is 24.3 Å². The minimum atomic E-state index is -0.993. The van der Waals surface area contributed by atoms with Crippen molar-refractivity contribution in [2.24, 2.45) is 0 Å². The van der Waals surface area contributed by atoms with Crippen LogP contribution in [0.3, 0.4) is 0 Å². The molecule has 0 fully saturated rings. The standard InChI is InChI=1S/C8H12BCl2NSi/c1-13(2)12(11)8-6-4-3-5-7(8)9-10/h3-6,9,13H,1-2H3. The van der Waals surface area contributed by atoms with Gasteiger partial charge in [0.05, 0.1) is 0 Å². The first-order valence-corrected chi connectivity index (χ1v) is 7.95. The average molecular weight is 232 g/mol. The van der Waals surface area contributed by atoms with Crippen molar-refractivity contribution in [3.63, 3.8) is 0 Å². The second-order valence-electron chi connectivity index (χ2n) is 3.17. The Labute approximate surface area is 91.6 Å². The maximum Gasteiger partial charge on any atom is 0.267 e. The van der Waals surface area contributed by atoms with Crippen LogP contribution >= 0.6 is 23.2 Å². The van der Waals surface area contributed by atoms with Gasteiger partial charge < -0.3 is 4.08 Å². The Morgan fingerprint density at radius 3 is 2.46 bits per heavy atom. The van der Waals surface area contributed by atoms with Crippen LogP contribution in [-0.4, -0.2) is 15.7 Å². The Kier molecular flexibility index (Phi) is 4.16. The molecule has 5 heteroatoms. The Morgan fingerprint density at radius 2 is 1.92 bits per heavy atom. The molecule has 0 aliphatic rings. The fraction of sp³-hybridized carbons (Fsp3) is 0.250. The normalized spacial score (nSPS) is 10.2. The summed E-state index contributed by atoms with van der Waals surface area (Å²) in [5, 5.41) is 0. The van der Waals surface area contributed by atoms with Gasteiger partial charge in [0.2, 0.25) is 0 Å². The van der Waals surface area contributed by atoms with Gasteiger partial charge in [0, 0.05) is 17.5 Å². The average Bonchev–Trinajstić information content (AvgIpc) is 2.16. The molecule has 0 radical (unpaired) electrons. The van der Waals surface area contributed by atoms with Gasteiger partial charge in [-0.25, -0.2) is 0 Å². The van der Waals surface area contributed by atoms with Crippen molar-refractivity contribution in [3.8, 4) is 0 Å². The lowest BCUT2D eigenvalue weighted by molar-refractivity contribution is 1.54. The summed E-state index contributed by atoms with van der Waals surface area (Å²) < 4.78 is 1.84. The smallest absolute Gasteiger partial charge is 0.267 e. The summed E-state index contributed by atoms with van der Waals surface area (Å²) in [6, 6.07) is 7.98. The third-order valence-electron chi connectivity index (χ3n) is 1.82. The summed E-state index contributed by atoms with van der Waals surface area (Å²) in [5.41, 5.74) is 2.15. The molecule has 1 aromatic rings. The SMILES string of the molecule is C[SiH](C)N(Cl)c1ccccc1BCl. The fourth-order valence-electron chi connectivity index (χ4n) is 1.11. The summed E-state index contributed by atoms with van der Waals surface area (Å²) >= 11 is 12.0. The highest BCUT2D eigenvalue weighted by molar-refractivity contribution is 7.02. The first-order valence-electron chi connectivity index (χ1n) is 4.25. The number of benzene rings is 1. The van der Waals surface area contributed by atoms with Crippen LogP contribution in [0.4, 0.5) is 5.69 Å². The van der Waals surface area contributed by atoms with Crippen LogP contribution in [-0.2, 0) is 0 Å². The van der Waals surface area contributed by atoms with Crippen molar-refractivity contribution in [2.75, 3.05) is 4.08 Å². The number of nitrogens with zero attached hydrogens (tertiary/aromatic N) is 1. The lowest BCUT2D eigenvalue weighted by Crippen LogP contribution is -2.30. The lowest BCUT2D eigenvalue weighted by Gasteiger charge is -2.21. The Bertz CT molecular complexity index is 283. The van der Waals surface area contributed by atoms with Gasteiger partial charge in [-0.3, -0.25) is 0 Å². The van der Waals surface area contributed by atoms with Gasteiger partial charge in [0.1, 0.15) is 0 Å². The maximum absolute atomic E-state index is 6.16. The minimum absolute atomic E-state index is 0.514. The highest BCUT2D eigenvalue weighted by Gasteiger charge is 2.11. The van der Waals surface area contributed by atoms with Gasteiger partial charge in [-0.05, 0) is 11.5 Å². The van der Waals surface area contributed by atoms with E-state index >= 15 is 0 Å². The number of rotatable bonds is 3.